The van der Waals surface area contributed by atoms with Crippen LogP contribution in [0.2, 0.25) is 0 Å². The molecule has 24 heavy (non-hydrogen) atoms. The first-order valence-electron chi connectivity index (χ1n) is 7.93. The summed E-state index contributed by atoms with van der Waals surface area (Å²) in [5.41, 5.74) is 0. The number of nitriles is 2. The minimum Gasteiger partial charge on any atom is -0.696 e. The van der Waals surface area contributed by atoms with Crippen molar-refractivity contribution in [1.82, 2.24) is 14.8 Å². The summed E-state index contributed by atoms with van der Waals surface area (Å²) in [6.45, 7) is 9.05. The Morgan fingerprint density at radius 3 is 2.04 bits per heavy atom. The Labute approximate surface area is 169 Å². The molecule has 0 saturated carbocycles. The van der Waals surface area contributed by atoms with Gasteiger partial charge in [0.25, 0.3) is 0 Å². The topological polar surface area (TPSA) is 57.3 Å². The van der Waals surface area contributed by atoms with Crippen molar-refractivity contribution in [3.05, 3.63) is 0 Å². The third-order valence-electron chi connectivity index (χ3n) is 4.37. The van der Waals surface area contributed by atoms with Crippen molar-refractivity contribution in [1.29, 1.82) is 10.5 Å². The molecule has 0 aromatic rings. The number of hydrogen-bond donors (Lipinski definition) is 0. The predicted molar refractivity (Wildman–Crippen MR) is 97.4 cm³/mol. The smallest absolute Gasteiger partial charge is 0.153 e. The zero-order valence-electron chi connectivity index (χ0n) is 14.9. The fourth-order valence-corrected chi connectivity index (χ4v) is 3.33. The van der Waals surface area contributed by atoms with Gasteiger partial charge in [0.05, 0.1) is 19.6 Å². The summed E-state index contributed by atoms with van der Waals surface area (Å²) >= 11 is 7.40. The molecule has 0 bridgehead atoms. The molecule has 1 radical (unpaired) electrons. The molecule has 9 heteroatoms. The van der Waals surface area contributed by atoms with Crippen LogP contribution < -0.4 is 0 Å². The summed E-state index contributed by atoms with van der Waals surface area (Å²) in [5.74, 6) is 0. The van der Waals surface area contributed by atoms with Gasteiger partial charge in [-0.15, -0.1) is 0 Å². The standard InChI is InChI=1S/C13H29N4.2CHNS.Mn/c1-14(2)7-4-9-16-10-6-12-17(13-16)11-5-8-15(17)3;2*2-1-3;/h4-13H2,1-3H3;2*3H;/q+1;;;/p-2. The first-order valence-corrected chi connectivity index (χ1v) is 8.74. The van der Waals surface area contributed by atoms with Crippen LogP contribution in [0.1, 0.15) is 19.3 Å². The molecular formula is C15H29MnN6S2-. The van der Waals surface area contributed by atoms with Gasteiger partial charge in [0.1, 0.15) is 0 Å². The molecule has 139 valence electrons. The van der Waals surface area contributed by atoms with Crippen LogP contribution in [0.15, 0.2) is 0 Å². The van der Waals surface area contributed by atoms with Crippen LogP contribution in [0.3, 0.4) is 0 Å². The van der Waals surface area contributed by atoms with Gasteiger partial charge in [-0.2, -0.15) is 5.01 Å². The molecule has 2 saturated heterocycles. The maximum atomic E-state index is 7.13. The number of quaternary nitrogens is 1. The molecule has 0 amide bonds. The molecular weight excluding hydrogens is 383 g/mol. The van der Waals surface area contributed by atoms with E-state index in [1.165, 1.54) is 80.6 Å². The summed E-state index contributed by atoms with van der Waals surface area (Å²) in [4.78, 5) is 4.96. The first-order chi connectivity index (χ1) is 11.0. The third kappa shape index (κ3) is 9.93. The molecule has 2 aliphatic rings. The Balaban J connectivity index is 0. The quantitative estimate of drug-likeness (QED) is 0.292. The van der Waals surface area contributed by atoms with E-state index in [-0.39, 0.29) is 17.1 Å². The zero-order valence-corrected chi connectivity index (χ0v) is 17.8. The van der Waals surface area contributed by atoms with E-state index in [2.05, 4.69) is 61.2 Å². The Hall–Kier alpha value is -0.221. The van der Waals surface area contributed by atoms with E-state index in [4.69, 9.17) is 10.5 Å². The van der Waals surface area contributed by atoms with E-state index in [0.29, 0.717) is 0 Å². The van der Waals surface area contributed by atoms with Gasteiger partial charge in [-0.3, -0.25) is 4.90 Å². The van der Waals surface area contributed by atoms with Crippen LogP contribution in [-0.2, 0) is 42.3 Å². The summed E-state index contributed by atoms with van der Waals surface area (Å²) in [6.07, 6.45) is 4.05. The van der Waals surface area contributed by atoms with Crippen LogP contribution in [0.25, 0.3) is 0 Å². The second-order valence-corrected chi connectivity index (χ2v) is 6.59. The predicted octanol–water partition coefficient (Wildman–Crippen LogP) is 0.695. The average molecular weight is 413 g/mol. The van der Waals surface area contributed by atoms with E-state index >= 15 is 0 Å². The monoisotopic (exact) mass is 412 g/mol. The largest absolute Gasteiger partial charge is 0.696 e. The van der Waals surface area contributed by atoms with Crippen LogP contribution in [0, 0.1) is 21.3 Å². The maximum absolute atomic E-state index is 7.13. The van der Waals surface area contributed by atoms with E-state index in [1.54, 1.807) is 0 Å². The molecule has 0 aliphatic carbocycles. The molecule has 2 rings (SSSR count). The van der Waals surface area contributed by atoms with Gasteiger partial charge in [-0.25, -0.2) is 15.1 Å². The molecule has 2 aliphatic heterocycles. The first kappa shape index (κ1) is 26.0. The SMILES string of the molecule is CN(C)CCCN1CCC[N+]2(CCCN2C)C1.N#C[S-].N#C[S-].[Mn]. The molecule has 1 unspecified atom stereocenters. The molecule has 0 N–H and O–H groups in total. The molecule has 0 aromatic heterocycles. The second-order valence-electron chi connectivity index (χ2n) is 6.23. The third-order valence-corrected chi connectivity index (χ3v) is 4.37. The Morgan fingerprint density at radius 2 is 1.58 bits per heavy atom. The van der Waals surface area contributed by atoms with Gasteiger partial charge in [-0.05, 0) is 27.1 Å². The van der Waals surface area contributed by atoms with Crippen molar-refractivity contribution in [2.45, 2.75) is 19.3 Å². The van der Waals surface area contributed by atoms with Gasteiger partial charge >= 0.3 is 0 Å². The van der Waals surface area contributed by atoms with Crippen LogP contribution in [0.4, 0.5) is 0 Å². The number of rotatable bonds is 4. The maximum Gasteiger partial charge on any atom is 0.153 e. The van der Waals surface area contributed by atoms with E-state index in [0.717, 1.165) is 0 Å². The van der Waals surface area contributed by atoms with Gasteiger partial charge in [0, 0.05) is 50.0 Å². The Bertz CT molecular complexity index is 386. The second kappa shape index (κ2) is 15.1. The van der Waals surface area contributed by atoms with Crippen molar-refractivity contribution >= 4 is 25.3 Å². The van der Waals surface area contributed by atoms with Crippen molar-refractivity contribution in [3.8, 4) is 10.8 Å². The van der Waals surface area contributed by atoms with Crippen molar-refractivity contribution in [3.63, 3.8) is 0 Å². The zero-order chi connectivity index (χ0) is 17.7. The van der Waals surface area contributed by atoms with E-state index in [1.807, 2.05) is 0 Å². The van der Waals surface area contributed by atoms with E-state index < -0.39 is 0 Å². The number of thiocyanates is 2. The van der Waals surface area contributed by atoms with Crippen molar-refractivity contribution < 1.29 is 21.7 Å². The van der Waals surface area contributed by atoms with Crippen molar-refractivity contribution in [2.24, 2.45) is 0 Å². The molecule has 2 heterocycles. The minimum atomic E-state index is 0. The Kier molecular flexibility index (Phi) is 16.3. The number of nitrogens with zero attached hydrogens (tertiary/aromatic N) is 6. The summed E-state index contributed by atoms with van der Waals surface area (Å²) in [7, 11) is 6.63. The molecule has 0 aromatic carbocycles. The molecule has 6 nitrogen and oxygen atoms in total. The fourth-order valence-electron chi connectivity index (χ4n) is 3.33. The normalized spacial score (nSPS) is 23.1. The Morgan fingerprint density at radius 1 is 1.08 bits per heavy atom. The van der Waals surface area contributed by atoms with Gasteiger partial charge in [-0.1, -0.05) is 10.8 Å². The summed E-state index contributed by atoms with van der Waals surface area (Å²) in [5, 5.41) is 19.5. The number of hydrogen-bond acceptors (Lipinski definition) is 7. The van der Waals surface area contributed by atoms with Gasteiger partial charge in [0.2, 0.25) is 0 Å². The molecule has 2 fully saturated rings. The van der Waals surface area contributed by atoms with Crippen LogP contribution in [-0.4, -0.2) is 86.5 Å². The summed E-state index contributed by atoms with van der Waals surface area (Å²) in [6, 6.07) is 0. The van der Waals surface area contributed by atoms with Crippen LogP contribution >= 0.6 is 0 Å². The molecule has 1 spiro atoms. The fraction of sp³-hybridized carbons (Fsp3) is 0.867. The van der Waals surface area contributed by atoms with Crippen LogP contribution in [0.5, 0.6) is 0 Å². The summed E-state index contributed by atoms with van der Waals surface area (Å²) < 4.78 is 1.24. The molecule has 1 atom stereocenters. The minimum absolute atomic E-state index is 0. The van der Waals surface area contributed by atoms with Crippen molar-refractivity contribution in [2.75, 3.05) is 67.1 Å². The average Bonchev–Trinajstić information content (AvgIpc) is 2.81. The van der Waals surface area contributed by atoms with Gasteiger partial charge in [0.15, 0.2) is 6.67 Å². The van der Waals surface area contributed by atoms with Gasteiger partial charge < -0.3 is 30.2 Å². The van der Waals surface area contributed by atoms with E-state index in [9.17, 15) is 0 Å².